The number of fused-ring (bicyclic) bond motifs is 1. The number of carbonyl (C=O) groups excluding carboxylic acids is 4. The summed E-state index contributed by atoms with van der Waals surface area (Å²) in [6.07, 6.45) is -0.147. The summed E-state index contributed by atoms with van der Waals surface area (Å²) in [6.45, 7) is 5.66. The normalized spacial score (nSPS) is 12.5. The zero-order valence-electron chi connectivity index (χ0n) is 35.1. The molecule has 0 fully saturated rings. The standard InChI is InChI=1S/C49H53N5O7S/c1-4-59-48(60-5-2,31-37-34-62-43-29-19-18-28-41(37)43)35(3)51-46(57)42(52-45(56)33-61-54-47(58)50-32-36-20-10-6-11-21-36)30-44(55)53-49(38-22-12-7-13-23-38,39-24-14-8-15-25-39)40-26-16-9-17-27-40/h6-29,34-35,42H,4-5,30-33H2,1-3H3,(H,51,57)(H,52,56)(H,53,55)(H2,50,54,58)/t35-,42-/m0/s1. The van der Waals surface area contributed by atoms with E-state index < -0.39 is 60.2 Å². The van der Waals surface area contributed by atoms with Gasteiger partial charge in [0.15, 0.2) is 12.4 Å². The van der Waals surface area contributed by atoms with Crippen LogP contribution in [0.5, 0.6) is 0 Å². The third-order valence-electron chi connectivity index (χ3n) is 10.4. The van der Waals surface area contributed by atoms with Crippen LogP contribution in [0.1, 0.15) is 55.0 Å². The Bertz CT molecular complexity index is 2260. The Morgan fingerprint density at radius 3 is 1.76 bits per heavy atom. The molecule has 5 aromatic carbocycles. The maximum Gasteiger partial charge on any atom is 0.338 e. The maximum atomic E-state index is 14.6. The summed E-state index contributed by atoms with van der Waals surface area (Å²) in [7, 11) is 0. The van der Waals surface area contributed by atoms with Crippen molar-refractivity contribution in [2.24, 2.45) is 0 Å². The van der Waals surface area contributed by atoms with Crippen molar-refractivity contribution < 1.29 is 33.5 Å². The highest BCUT2D eigenvalue weighted by Gasteiger charge is 2.42. The van der Waals surface area contributed by atoms with Crippen LogP contribution in [0.25, 0.3) is 10.1 Å². The molecule has 62 heavy (non-hydrogen) atoms. The van der Waals surface area contributed by atoms with Crippen LogP contribution in [-0.4, -0.2) is 61.4 Å². The highest BCUT2D eigenvalue weighted by atomic mass is 32.1. The molecule has 1 heterocycles. The number of thiophene rings is 1. The van der Waals surface area contributed by atoms with Gasteiger partial charge in [-0.1, -0.05) is 140 Å². The average Bonchev–Trinajstić information content (AvgIpc) is 3.70. The molecule has 0 saturated carbocycles. The van der Waals surface area contributed by atoms with Crippen molar-refractivity contribution in [3.05, 3.63) is 179 Å². The molecular weight excluding hydrogens is 803 g/mol. The first-order valence-corrected chi connectivity index (χ1v) is 21.5. The van der Waals surface area contributed by atoms with Crippen LogP contribution in [0.4, 0.5) is 4.79 Å². The van der Waals surface area contributed by atoms with Gasteiger partial charge in [0.05, 0.1) is 12.5 Å². The number of ether oxygens (including phenoxy) is 2. The molecular formula is C49H53N5O7S. The first-order chi connectivity index (χ1) is 30.2. The van der Waals surface area contributed by atoms with Gasteiger partial charge >= 0.3 is 6.03 Å². The Balaban J connectivity index is 1.26. The highest BCUT2D eigenvalue weighted by molar-refractivity contribution is 7.17. The Hall–Kier alpha value is -6.38. The molecule has 6 rings (SSSR count). The van der Waals surface area contributed by atoms with E-state index in [4.69, 9.17) is 14.3 Å². The van der Waals surface area contributed by atoms with Crippen molar-refractivity contribution in [3.63, 3.8) is 0 Å². The van der Waals surface area contributed by atoms with Crippen LogP contribution in [0.3, 0.4) is 0 Å². The van der Waals surface area contributed by atoms with Gasteiger partial charge < -0.3 is 30.7 Å². The lowest BCUT2D eigenvalue weighted by Gasteiger charge is -2.39. The molecule has 0 aliphatic rings. The number of nitrogens with one attached hydrogen (secondary N) is 5. The van der Waals surface area contributed by atoms with E-state index in [2.05, 4.69) is 38.2 Å². The summed E-state index contributed by atoms with van der Waals surface area (Å²) in [5.41, 5.74) is 5.25. The van der Waals surface area contributed by atoms with Gasteiger partial charge in [0.2, 0.25) is 17.7 Å². The summed E-state index contributed by atoms with van der Waals surface area (Å²) in [4.78, 5) is 60.3. The van der Waals surface area contributed by atoms with Crippen LogP contribution in [0.2, 0.25) is 0 Å². The lowest BCUT2D eigenvalue weighted by atomic mass is 9.77. The number of amides is 5. The SMILES string of the molecule is CCOC(Cc1csc2ccccc12)(OCC)[C@H](C)NC(=O)[C@H](CC(=O)NC(c1ccccc1)(c1ccccc1)c1ccccc1)NC(=O)CONC(=O)NCc1ccccc1. The van der Waals surface area contributed by atoms with E-state index in [-0.39, 0.29) is 19.8 Å². The Morgan fingerprint density at radius 1 is 0.661 bits per heavy atom. The first-order valence-electron chi connectivity index (χ1n) is 20.7. The minimum atomic E-state index is -1.40. The van der Waals surface area contributed by atoms with E-state index in [1.54, 1.807) is 18.3 Å². The predicted octanol–water partition coefficient (Wildman–Crippen LogP) is 7.13. The summed E-state index contributed by atoms with van der Waals surface area (Å²) in [5, 5.41) is 14.8. The molecule has 12 nitrogen and oxygen atoms in total. The second-order valence-electron chi connectivity index (χ2n) is 14.6. The molecule has 0 aliphatic heterocycles. The molecule has 5 N–H and O–H groups in total. The molecule has 0 unspecified atom stereocenters. The van der Waals surface area contributed by atoms with Crippen molar-refractivity contribution in [1.29, 1.82) is 0 Å². The molecule has 13 heteroatoms. The molecule has 322 valence electrons. The van der Waals surface area contributed by atoms with E-state index in [1.165, 1.54) is 0 Å². The molecule has 0 bridgehead atoms. The first kappa shape index (κ1) is 45.2. The van der Waals surface area contributed by atoms with Crippen LogP contribution >= 0.6 is 11.3 Å². The van der Waals surface area contributed by atoms with Gasteiger partial charge in [0.1, 0.15) is 11.6 Å². The quantitative estimate of drug-likeness (QED) is 0.0293. The predicted molar refractivity (Wildman–Crippen MR) is 241 cm³/mol. The minimum absolute atomic E-state index is 0.238. The number of hydrogen-bond donors (Lipinski definition) is 5. The number of carbonyl (C=O) groups is 4. The van der Waals surface area contributed by atoms with Gasteiger partial charge in [0, 0.05) is 30.9 Å². The van der Waals surface area contributed by atoms with Crippen molar-refractivity contribution in [2.45, 2.75) is 63.6 Å². The minimum Gasteiger partial charge on any atom is -0.348 e. The largest absolute Gasteiger partial charge is 0.348 e. The summed E-state index contributed by atoms with van der Waals surface area (Å²) in [6, 6.07) is 43.3. The Kier molecular flexibility index (Phi) is 16.0. The monoisotopic (exact) mass is 855 g/mol. The topological polar surface area (TPSA) is 156 Å². The molecule has 6 aromatic rings. The van der Waals surface area contributed by atoms with Gasteiger partial charge in [-0.05, 0) is 65.4 Å². The number of hydroxylamine groups is 1. The third kappa shape index (κ3) is 11.3. The average molecular weight is 856 g/mol. The zero-order chi connectivity index (χ0) is 43.8. The fourth-order valence-electron chi connectivity index (χ4n) is 7.55. The molecule has 0 radical (unpaired) electrons. The van der Waals surface area contributed by atoms with Crippen molar-refractivity contribution in [3.8, 4) is 0 Å². The second-order valence-corrected chi connectivity index (χ2v) is 15.5. The van der Waals surface area contributed by atoms with Crippen LogP contribution in [-0.2, 0) is 47.2 Å². The summed E-state index contributed by atoms with van der Waals surface area (Å²) < 4.78 is 13.8. The maximum absolute atomic E-state index is 14.6. The number of urea groups is 1. The van der Waals surface area contributed by atoms with E-state index >= 15 is 0 Å². The lowest BCUT2D eigenvalue weighted by Crippen LogP contribution is -2.60. The lowest BCUT2D eigenvalue weighted by molar-refractivity contribution is -0.246. The Morgan fingerprint density at radius 2 is 1.19 bits per heavy atom. The van der Waals surface area contributed by atoms with Crippen LogP contribution in [0.15, 0.2) is 151 Å². The molecule has 0 saturated heterocycles. The van der Waals surface area contributed by atoms with E-state index in [0.717, 1.165) is 37.9 Å². The van der Waals surface area contributed by atoms with E-state index in [9.17, 15) is 19.2 Å². The number of hydrogen-bond acceptors (Lipinski definition) is 8. The molecule has 0 spiro atoms. The smallest absolute Gasteiger partial charge is 0.338 e. The highest BCUT2D eigenvalue weighted by Crippen LogP contribution is 2.37. The number of benzene rings is 5. The summed E-state index contributed by atoms with van der Waals surface area (Å²) >= 11 is 1.61. The van der Waals surface area contributed by atoms with Crippen LogP contribution in [0, 0.1) is 0 Å². The molecule has 2 atom stereocenters. The van der Waals surface area contributed by atoms with Gasteiger partial charge in [-0.2, -0.15) is 0 Å². The molecule has 5 amide bonds. The van der Waals surface area contributed by atoms with Gasteiger partial charge in [-0.3, -0.25) is 19.2 Å². The van der Waals surface area contributed by atoms with Gasteiger partial charge in [-0.15, -0.1) is 11.3 Å². The molecule has 1 aromatic heterocycles. The van der Waals surface area contributed by atoms with Crippen molar-refractivity contribution in [1.82, 2.24) is 26.7 Å². The van der Waals surface area contributed by atoms with Crippen LogP contribution < -0.4 is 26.7 Å². The van der Waals surface area contributed by atoms with Crippen molar-refractivity contribution >= 4 is 45.2 Å². The third-order valence-corrected chi connectivity index (χ3v) is 11.5. The van der Waals surface area contributed by atoms with Crippen molar-refractivity contribution in [2.75, 3.05) is 19.8 Å². The second kappa shape index (κ2) is 21.9. The zero-order valence-corrected chi connectivity index (χ0v) is 35.9. The number of rotatable bonds is 21. The van der Waals surface area contributed by atoms with E-state index in [1.807, 2.05) is 153 Å². The summed E-state index contributed by atoms with van der Waals surface area (Å²) in [5.74, 6) is -3.24. The Labute approximate surface area is 366 Å². The van der Waals surface area contributed by atoms with Gasteiger partial charge in [0.25, 0.3) is 0 Å². The van der Waals surface area contributed by atoms with E-state index in [0.29, 0.717) is 6.42 Å². The van der Waals surface area contributed by atoms with Gasteiger partial charge in [-0.25, -0.2) is 10.3 Å². The molecule has 0 aliphatic carbocycles. The fraction of sp³-hybridized carbons (Fsp3) is 0.265. The fourth-order valence-corrected chi connectivity index (χ4v) is 8.51.